The molecule has 2 aromatic heterocycles. The van der Waals surface area contributed by atoms with Crippen molar-refractivity contribution >= 4 is 11.8 Å². The predicted octanol–water partition coefficient (Wildman–Crippen LogP) is 0.527. The molecule has 2 aromatic rings. The standard InChI is InChI=1S/C16H21N5O4/c1-9(2)12-3-4-25-14(12)15(23)17-6-10-5-11(22)8-21(10)16(24)13-7-18-20-19-13/h3-4,7,9-11,22H,5-6,8H2,1-2H3,(H,17,23)(H,18,19,20)/t10-,11+/m0/s1. The predicted molar refractivity (Wildman–Crippen MR) is 87.0 cm³/mol. The van der Waals surface area contributed by atoms with Crippen molar-refractivity contribution in [2.24, 2.45) is 0 Å². The van der Waals surface area contributed by atoms with E-state index < -0.39 is 6.10 Å². The maximum absolute atomic E-state index is 12.4. The minimum Gasteiger partial charge on any atom is -0.459 e. The lowest BCUT2D eigenvalue weighted by molar-refractivity contribution is 0.0700. The van der Waals surface area contributed by atoms with Crippen LogP contribution >= 0.6 is 0 Å². The number of nitrogens with zero attached hydrogens (tertiary/aromatic N) is 3. The monoisotopic (exact) mass is 347 g/mol. The van der Waals surface area contributed by atoms with Crippen LogP contribution in [0.1, 0.15) is 52.8 Å². The van der Waals surface area contributed by atoms with E-state index in [1.807, 2.05) is 13.8 Å². The Morgan fingerprint density at radius 3 is 3.00 bits per heavy atom. The molecule has 0 aliphatic carbocycles. The van der Waals surface area contributed by atoms with Crippen molar-refractivity contribution in [1.29, 1.82) is 0 Å². The van der Waals surface area contributed by atoms with E-state index in [9.17, 15) is 14.7 Å². The molecule has 0 spiro atoms. The number of aromatic amines is 1. The molecule has 25 heavy (non-hydrogen) atoms. The van der Waals surface area contributed by atoms with Gasteiger partial charge in [0.15, 0.2) is 11.5 Å². The highest BCUT2D eigenvalue weighted by Crippen LogP contribution is 2.22. The molecule has 0 aromatic carbocycles. The number of aliphatic hydroxyl groups is 1. The molecule has 9 heteroatoms. The summed E-state index contributed by atoms with van der Waals surface area (Å²) in [6.45, 7) is 4.38. The lowest BCUT2D eigenvalue weighted by Gasteiger charge is -2.23. The Labute approximate surface area is 144 Å². The van der Waals surface area contributed by atoms with Gasteiger partial charge in [0.1, 0.15) is 0 Å². The zero-order chi connectivity index (χ0) is 18.0. The third-order valence-electron chi connectivity index (χ3n) is 4.31. The Balaban J connectivity index is 1.65. The molecule has 3 N–H and O–H groups in total. The van der Waals surface area contributed by atoms with E-state index in [0.717, 1.165) is 5.56 Å². The molecule has 3 rings (SSSR count). The zero-order valence-electron chi connectivity index (χ0n) is 14.1. The third-order valence-corrected chi connectivity index (χ3v) is 4.31. The fraction of sp³-hybridized carbons (Fsp3) is 0.500. The van der Waals surface area contributed by atoms with Crippen LogP contribution in [0.25, 0.3) is 0 Å². The number of hydrogen-bond donors (Lipinski definition) is 3. The molecule has 9 nitrogen and oxygen atoms in total. The van der Waals surface area contributed by atoms with Crippen LogP contribution in [0.2, 0.25) is 0 Å². The van der Waals surface area contributed by atoms with Crippen LogP contribution < -0.4 is 5.32 Å². The van der Waals surface area contributed by atoms with Crippen LogP contribution in [-0.2, 0) is 0 Å². The van der Waals surface area contributed by atoms with Gasteiger partial charge in [0, 0.05) is 18.7 Å². The van der Waals surface area contributed by atoms with E-state index in [1.54, 1.807) is 6.07 Å². The van der Waals surface area contributed by atoms with Gasteiger partial charge < -0.3 is 19.7 Å². The van der Waals surface area contributed by atoms with Crippen molar-refractivity contribution in [2.75, 3.05) is 13.1 Å². The molecular formula is C16H21N5O4. The van der Waals surface area contributed by atoms with E-state index in [1.165, 1.54) is 17.4 Å². The average molecular weight is 347 g/mol. The molecule has 1 aliphatic rings. The number of H-pyrrole nitrogens is 1. The SMILES string of the molecule is CC(C)c1ccoc1C(=O)NC[C@@H]1C[C@@H](O)CN1C(=O)c1cn[nH]n1. The molecule has 1 aliphatic heterocycles. The van der Waals surface area contributed by atoms with Crippen LogP contribution in [0.4, 0.5) is 0 Å². The van der Waals surface area contributed by atoms with Crippen molar-refractivity contribution in [3.63, 3.8) is 0 Å². The normalized spacial score (nSPS) is 20.2. The van der Waals surface area contributed by atoms with Crippen molar-refractivity contribution < 1.29 is 19.1 Å². The molecule has 1 fully saturated rings. The van der Waals surface area contributed by atoms with Crippen molar-refractivity contribution in [2.45, 2.75) is 38.3 Å². The van der Waals surface area contributed by atoms with Crippen molar-refractivity contribution in [3.8, 4) is 0 Å². The topological polar surface area (TPSA) is 124 Å². The Bertz CT molecular complexity index is 740. The summed E-state index contributed by atoms with van der Waals surface area (Å²) < 4.78 is 5.29. The average Bonchev–Trinajstić information content (AvgIpc) is 3.31. The van der Waals surface area contributed by atoms with Crippen LogP contribution in [0.3, 0.4) is 0 Å². The Morgan fingerprint density at radius 1 is 1.52 bits per heavy atom. The number of amides is 2. The van der Waals surface area contributed by atoms with Gasteiger partial charge in [-0.2, -0.15) is 15.4 Å². The lowest BCUT2D eigenvalue weighted by atomic mass is 10.0. The van der Waals surface area contributed by atoms with Crippen molar-refractivity contribution in [3.05, 3.63) is 35.5 Å². The fourth-order valence-corrected chi connectivity index (χ4v) is 3.04. The summed E-state index contributed by atoms with van der Waals surface area (Å²) >= 11 is 0. The summed E-state index contributed by atoms with van der Waals surface area (Å²) in [5, 5.41) is 22.5. The number of nitrogens with one attached hydrogen (secondary N) is 2. The van der Waals surface area contributed by atoms with E-state index in [-0.39, 0.29) is 48.3 Å². The first-order valence-corrected chi connectivity index (χ1v) is 8.17. The second-order valence-electron chi connectivity index (χ2n) is 6.43. The molecule has 2 atom stereocenters. The molecule has 2 amide bonds. The van der Waals surface area contributed by atoms with Gasteiger partial charge >= 0.3 is 0 Å². The summed E-state index contributed by atoms with van der Waals surface area (Å²) in [6.07, 6.45) is 2.58. The zero-order valence-corrected chi connectivity index (χ0v) is 14.1. The number of likely N-dealkylation sites (tertiary alicyclic amines) is 1. The summed E-state index contributed by atoms with van der Waals surface area (Å²) in [4.78, 5) is 26.3. The molecule has 0 radical (unpaired) electrons. The van der Waals surface area contributed by atoms with Gasteiger partial charge in [-0.3, -0.25) is 9.59 Å². The number of furan rings is 1. The molecule has 0 saturated carbocycles. The van der Waals surface area contributed by atoms with E-state index in [0.29, 0.717) is 6.42 Å². The first kappa shape index (κ1) is 17.2. The number of carbonyl (C=O) groups excluding carboxylic acids is 2. The van der Waals surface area contributed by atoms with Crippen LogP contribution in [0.15, 0.2) is 22.9 Å². The lowest BCUT2D eigenvalue weighted by Crippen LogP contribution is -2.43. The Morgan fingerprint density at radius 2 is 2.32 bits per heavy atom. The number of aliphatic hydroxyl groups excluding tert-OH is 1. The largest absolute Gasteiger partial charge is 0.459 e. The molecule has 1 saturated heterocycles. The van der Waals surface area contributed by atoms with Crippen LogP contribution in [0, 0.1) is 0 Å². The van der Waals surface area contributed by atoms with Gasteiger partial charge in [-0.25, -0.2) is 0 Å². The Hall–Kier alpha value is -2.68. The third kappa shape index (κ3) is 3.55. The van der Waals surface area contributed by atoms with E-state index in [2.05, 4.69) is 20.7 Å². The van der Waals surface area contributed by atoms with Gasteiger partial charge in [0.2, 0.25) is 0 Å². The van der Waals surface area contributed by atoms with Crippen LogP contribution in [0.5, 0.6) is 0 Å². The summed E-state index contributed by atoms with van der Waals surface area (Å²) in [5.74, 6) is -0.213. The molecule has 3 heterocycles. The maximum Gasteiger partial charge on any atom is 0.287 e. The summed E-state index contributed by atoms with van der Waals surface area (Å²) in [7, 11) is 0. The molecule has 134 valence electrons. The molecule has 0 unspecified atom stereocenters. The van der Waals surface area contributed by atoms with E-state index in [4.69, 9.17) is 4.42 Å². The van der Waals surface area contributed by atoms with Gasteiger partial charge in [0.25, 0.3) is 11.8 Å². The number of aromatic nitrogens is 3. The second kappa shape index (κ2) is 7.06. The molecular weight excluding hydrogens is 326 g/mol. The summed E-state index contributed by atoms with van der Waals surface area (Å²) in [6, 6.07) is 1.46. The molecule has 0 bridgehead atoms. The van der Waals surface area contributed by atoms with E-state index >= 15 is 0 Å². The maximum atomic E-state index is 12.4. The van der Waals surface area contributed by atoms with Gasteiger partial charge in [-0.05, 0) is 18.4 Å². The highest BCUT2D eigenvalue weighted by molar-refractivity contribution is 5.94. The number of carbonyl (C=O) groups is 2. The number of β-amino-alcohol motifs (C(OH)–C–C–N with tert-alkyl or cyclic N) is 1. The smallest absolute Gasteiger partial charge is 0.287 e. The first-order chi connectivity index (χ1) is 12.0. The number of hydrogen-bond acceptors (Lipinski definition) is 6. The van der Waals surface area contributed by atoms with Crippen LogP contribution in [-0.4, -0.2) is 62.5 Å². The van der Waals surface area contributed by atoms with Crippen molar-refractivity contribution in [1.82, 2.24) is 25.6 Å². The number of rotatable bonds is 5. The highest BCUT2D eigenvalue weighted by Gasteiger charge is 2.36. The highest BCUT2D eigenvalue weighted by atomic mass is 16.3. The Kier molecular flexibility index (Phi) is 4.84. The minimum absolute atomic E-state index is 0.165. The van der Waals surface area contributed by atoms with Gasteiger partial charge in [0.05, 0.1) is 24.6 Å². The quantitative estimate of drug-likeness (QED) is 0.724. The van der Waals surface area contributed by atoms with Gasteiger partial charge in [-0.15, -0.1) is 0 Å². The van der Waals surface area contributed by atoms with Gasteiger partial charge in [-0.1, -0.05) is 13.8 Å². The summed E-state index contributed by atoms with van der Waals surface area (Å²) in [5.41, 5.74) is 1.01. The fourth-order valence-electron chi connectivity index (χ4n) is 3.04. The second-order valence-corrected chi connectivity index (χ2v) is 6.43. The minimum atomic E-state index is -0.632. The first-order valence-electron chi connectivity index (χ1n) is 8.17.